The average molecular weight is 1110 g/mol. The Bertz CT molecular complexity index is 1390. The zero-order valence-corrected chi connectivity index (χ0v) is 42.7. The number of hydrogen-bond donors (Lipinski definition) is 0. The average Bonchev–Trinajstić information content (AvgIpc) is 3.26. The summed E-state index contributed by atoms with van der Waals surface area (Å²) >= 11 is -0.170. The van der Waals surface area contributed by atoms with Crippen molar-refractivity contribution in [2.45, 2.75) is 89.9 Å². The summed E-state index contributed by atoms with van der Waals surface area (Å²) in [7, 11) is -0.0146. The molecular formula is C44H60F6IO6S3Y-3. The first kappa shape index (κ1) is 71.0. The van der Waals surface area contributed by atoms with Gasteiger partial charge >= 0.3 is 101 Å². The van der Waals surface area contributed by atoms with Gasteiger partial charge in [0.1, 0.15) is 11.5 Å². The molecule has 0 amide bonds. The van der Waals surface area contributed by atoms with Gasteiger partial charge in [-0.2, -0.15) is 35.0 Å². The van der Waals surface area contributed by atoms with Gasteiger partial charge in [-0.05, 0) is 36.4 Å². The van der Waals surface area contributed by atoms with Gasteiger partial charge in [-0.25, -0.2) is 0 Å². The van der Waals surface area contributed by atoms with E-state index in [0.29, 0.717) is 0 Å². The van der Waals surface area contributed by atoms with E-state index in [1.165, 1.54) is 21.8 Å². The quantitative estimate of drug-likeness (QED) is 0.0189. The second kappa shape index (κ2) is 49.3. The molecule has 0 N–H and O–H groups in total. The van der Waals surface area contributed by atoms with Gasteiger partial charge in [-0.1, -0.05) is 117 Å². The predicted molar refractivity (Wildman–Crippen MR) is 232 cm³/mol. The summed E-state index contributed by atoms with van der Waals surface area (Å²) in [5.41, 5.74) is 0. The third kappa shape index (κ3) is 42.1. The SMILES string of the molecule is C.CC.CC.CC.CC.[CH3-].[O-]OOSCC(F)(F)F.[O-]OOSCC(F)(F)F.[Y].c1ccc([I-]c2ccccc2)cc1.c1ccc([S+](c2ccccc2)c2ccccc2)cc1. The fourth-order valence-electron chi connectivity index (χ4n) is 3.38. The van der Waals surface area contributed by atoms with Crippen LogP contribution in [-0.2, 0) is 62.3 Å². The van der Waals surface area contributed by atoms with Crippen molar-refractivity contribution in [1.29, 1.82) is 0 Å². The standard InChI is InChI=1S/C18H15S.C12H10I.2C2H3F3O3S.4C2H6.CH4.CH3.Y/c1-4-10-16(11-5-1)19(17-12-6-2-7-13-17)18-14-8-3-9-15-18;1-3-7-11(8-4-1)13-12-9-5-2-6-10-12;2*3-2(4,5)1-9-8-7-6;4*1-2;;;/h1-15H;1-10H;2*6H,1H2;4*1-2H3;1H4;1H3;/q+1;-1;;;;;;;;-1;/p-2. The Morgan fingerprint density at radius 2 is 0.672 bits per heavy atom. The van der Waals surface area contributed by atoms with Gasteiger partial charge in [0.25, 0.3) is 0 Å². The molecule has 1 radical (unpaired) electrons. The molecule has 6 nitrogen and oxygen atoms in total. The Morgan fingerprint density at radius 1 is 0.459 bits per heavy atom. The normalized spacial score (nSPS) is 9.39. The van der Waals surface area contributed by atoms with Crippen molar-refractivity contribution in [1.82, 2.24) is 0 Å². The fourth-order valence-corrected chi connectivity index (χ4v) is 8.20. The first-order valence-electron chi connectivity index (χ1n) is 18.0. The first-order chi connectivity index (χ1) is 28.0. The molecule has 0 saturated carbocycles. The van der Waals surface area contributed by atoms with Crippen molar-refractivity contribution in [2.75, 3.05) is 11.5 Å². The molecule has 0 aliphatic carbocycles. The van der Waals surface area contributed by atoms with Crippen LogP contribution in [0.3, 0.4) is 0 Å². The molecule has 0 bridgehead atoms. The summed E-state index contributed by atoms with van der Waals surface area (Å²) in [5, 5.41) is 23.1. The third-order valence-corrected chi connectivity index (χ3v) is 11.3. The van der Waals surface area contributed by atoms with E-state index >= 15 is 0 Å². The van der Waals surface area contributed by atoms with Crippen molar-refractivity contribution in [3.63, 3.8) is 0 Å². The molecule has 0 unspecified atom stereocenters. The smallest absolute Gasteiger partial charge is 0.0619 e. The molecule has 0 aliphatic rings. The maximum atomic E-state index is 11.1. The molecule has 5 aromatic rings. The molecular weight excluding hydrogens is 1050 g/mol. The van der Waals surface area contributed by atoms with Gasteiger partial charge in [0, 0.05) is 56.8 Å². The zero-order chi connectivity index (χ0) is 44.5. The summed E-state index contributed by atoms with van der Waals surface area (Å²) in [6, 6.07) is 53.6. The van der Waals surface area contributed by atoms with E-state index in [1.807, 2.05) is 55.4 Å². The summed E-state index contributed by atoms with van der Waals surface area (Å²) < 4.78 is 76.4. The molecule has 0 aliphatic heterocycles. The van der Waals surface area contributed by atoms with Gasteiger partial charge in [-0.3, -0.25) is 10.1 Å². The number of alkyl halides is 6. The minimum atomic E-state index is -4.33. The summed E-state index contributed by atoms with van der Waals surface area (Å²) in [6.45, 7) is 16.0. The van der Waals surface area contributed by atoms with Gasteiger partial charge in [0.15, 0.2) is 14.7 Å². The van der Waals surface area contributed by atoms with Crippen LogP contribution in [0.1, 0.15) is 62.8 Å². The number of halogens is 7. The second-order valence-electron chi connectivity index (χ2n) is 8.96. The van der Waals surface area contributed by atoms with E-state index in [2.05, 4.69) is 170 Å². The van der Waals surface area contributed by atoms with Crippen LogP contribution in [0.25, 0.3) is 0 Å². The largest absolute Gasteiger partial charge is 0.166 e. The Morgan fingerprint density at radius 3 is 0.869 bits per heavy atom. The molecule has 0 fully saturated rings. The Hall–Kier alpha value is -1.68. The summed E-state index contributed by atoms with van der Waals surface area (Å²) in [5.74, 6) is -2.51. The van der Waals surface area contributed by atoms with E-state index in [1.54, 1.807) is 0 Å². The van der Waals surface area contributed by atoms with Crippen LogP contribution in [0.2, 0.25) is 0 Å². The summed E-state index contributed by atoms with van der Waals surface area (Å²) in [4.78, 5) is 4.08. The fraction of sp³-hybridized carbons (Fsp3) is 0.295. The van der Waals surface area contributed by atoms with Gasteiger partial charge < -0.3 is 17.9 Å². The maximum Gasteiger partial charge on any atom is 0.166 e. The molecule has 345 valence electrons. The van der Waals surface area contributed by atoms with Gasteiger partial charge in [0.2, 0.25) is 0 Å². The van der Waals surface area contributed by atoms with Crippen LogP contribution in [0.15, 0.2) is 166 Å². The second-order valence-corrected chi connectivity index (χ2v) is 15.3. The Kier molecular flexibility index (Phi) is 57.4. The van der Waals surface area contributed by atoms with E-state index < -0.39 is 23.9 Å². The van der Waals surface area contributed by atoms with Crippen LogP contribution < -0.4 is 31.7 Å². The van der Waals surface area contributed by atoms with E-state index in [0.717, 1.165) is 0 Å². The summed E-state index contributed by atoms with van der Waals surface area (Å²) in [6.07, 6.45) is -8.66. The predicted octanol–water partition coefficient (Wildman–Crippen LogP) is 10.6. The Balaban J connectivity index is -0.000000160. The van der Waals surface area contributed by atoms with Crippen molar-refractivity contribution in [3.05, 3.63) is 166 Å². The van der Waals surface area contributed by atoms with E-state index in [4.69, 9.17) is 10.5 Å². The molecule has 0 spiro atoms. The topological polar surface area (TPSA) is 83.0 Å². The number of hydrogen-bond acceptors (Lipinski definition) is 8. The van der Waals surface area contributed by atoms with Crippen LogP contribution in [-0.4, -0.2) is 23.9 Å². The zero-order valence-electron chi connectivity index (χ0n) is 35.2. The Labute approximate surface area is 408 Å². The molecule has 5 aromatic carbocycles. The molecule has 5 rings (SSSR count). The van der Waals surface area contributed by atoms with Crippen molar-refractivity contribution in [3.8, 4) is 0 Å². The van der Waals surface area contributed by atoms with Gasteiger partial charge in [-0.15, -0.1) is 0 Å². The van der Waals surface area contributed by atoms with Crippen molar-refractivity contribution < 1.29 is 110 Å². The molecule has 0 atom stereocenters. The third-order valence-electron chi connectivity index (χ3n) is 5.22. The molecule has 0 aromatic heterocycles. The number of rotatable bonds is 11. The first-order valence-corrected chi connectivity index (χ1v) is 23.2. The van der Waals surface area contributed by atoms with Crippen molar-refractivity contribution in [2.24, 2.45) is 0 Å². The van der Waals surface area contributed by atoms with Crippen molar-refractivity contribution >= 4 is 35.0 Å². The molecule has 17 heteroatoms. The van der Waals surface area contributed by atoms with E-state index in [9.17, 15) is 26.3 Å². The van der Waals surface area contributed by atoms with Crippen LogP contribution in [0, 0.1) is 14.6 Å². The monoisotopic (exact) mass is 1110 g/mol. The molecule has 61 heavy (non-hydrogen) atoms. The van der Waals surface area contributed by atoms with E-state index in [-0.39, 0.29) is 104 Å². The maximum absolute atomic E-state index is 11.1. The molecule has 0 saturated heterocycles. The van der Waals surface area contributed by atoms with Crippen LogP contribution in [0.5, 0.6) is 0 Å². The number of benzene rings is 5. The van der Waals surface area contributed by atoms with Crippen LogP contribution >= 0.6 is 24.1 Å². The molecule has 0 heterocycles. The minimum Gasteiger partial charge on any atom is -0.0619 e. The van der Waals surface area contributed by atoms with Gasteiger partial charge in [0.05, 0.1) is 10.9 Å². The minimum absolute atomic E-state index is 0. The van der Waals surface area contributed by atoms with Crippen LogP contribution in [0.4, 0.5) is 26.3 Å².